The molecule has 0 bridgehead atoms. The van der Waals surface area contributed by atoms with Crippen molar-refractivity contribution in [3.8, 4) is 5.75 Å². The zero-order valence-corrected chi connectivity index (χ0v) is 16.3. The van der Waals surface area contributed by atoms with Gasteiger partial charge in [0.05, 0.1) is 18.7 Å². The van der Waals surface area contributed by atoms with E-state index in [0.717, 1.165) is 10.6 Å². The van der Waals surface area contributed by atoms with Crippen LogP contribution in [0.15, 0.2) is 35.8 Å². The molecule has 0 aliphatic carbocycles. The Kier molecular flexibility index (Phi) is 6.59. The molecule has 0 saturated carbocycles. The fourth-order valence-electron chi connectivity index (χ4n) is 2.88. The molecular weight excluding hydrogens is 380 g/mol. The minimum atomic E-state index is -0.671. The lowest BCUT2D eigenvalue weighted by Crippen LogP contribution is -2.33. The fourth-order valence-corrected chi connectivity index (χ4v) is 3.51. The smallest absolute Gasteiger partial charge is 0.325 e. The summed E-state index contributed by atoms with van der Waals surface area (Å²) in [5.41, 5.74) is 0.824. The van der Waals surface area contributed by atoms with Gasteiger partial charge in [0.2, 0.25) is 5.91 Å². The largest absolute Gasteiger partial charge is 0.497 e. The van der Waals surface area contributed by atoms with Gasteiger partial charge in [0.25, 0.3) is 5.91 Å². The van der Waals surface area contributed by atoms with Crippen molar-refractivity contribution in [1.82, 2.24) is 20.5 Å². The molecule has 28 heavy (non-hydrogen) atoms. The third-order valence-corrected chi connectivity index (χ3v) is 5.25. The number of imide groups is 1. The summed E-state index contributed by atoms with van der Waals surface area (Å²) in [6.45, 7) is 0.687. The van der Waals surface area contributed by atoms with Gasteiger partial charge in [-0.3, -0.25) is 14.5 Å². The molecule has 1 unspecified atom stereocenters. The zero-order chi connectivity index (χ0) is 19.9. The number of thiazole rings is 1. The van der Waals surface area contributed by atoms with Crippen molar-refractivity contribution in [2.45, 2.75) is 31.8 Å². The summed E-state index contributed by atoms with van der Waals surface area (Å²) in [5, 5.41) is 8.32. The summed E-state index contributed by atoms with van der Waals surface area (Å²) in [4.78, 5) is 41.9. The number of carbonyl (C=O) groups is 3. The Morgan fingerprint density at radius 3 is 2.79 bits per heavy atom. The molecule has 2 heterocycles. The van der Waals surface area contributed by atoms with Gasteiger partial charge in [-0.05, 0) is 24.1 Å². The number of hydrogen-bond acceptors (Lipinski definition) is 6. The molecule has 0 radical (unpaired) electrons. The first-order valence-corrected chi connectivity index (χ1v) is 9.84. The van der Waals surface area contributed by atoms with E-state index in [2.05, 4.69) is 15.6 Å². The van der Waals surface area contributed by atoms with Crippen molar-refractivity contribution in [3.05, 3.63) is 46.4 Å². The second-order valence-corrected chi connectivity index (χ2v) is 7.32. The average molecular weight is 402 g/mol. The second-order valence-electron chi connectivity index (χ2n) is 6.34. The summed E-state index contributed by atoms with van der Waals surface area (Å²) >= 11 is 1.54. The highest BCUT2D eigenvalue weighted by atomic mass is 32.1. The summed E-state index contributed by atoms with van der Waals surface area (Å²) < 4.78 is 5.10. The number of nitrogens with zero attached hydrogens (tertiary/aromatic N) is 2. The average Bonchev–Trinajstić information content (AvgIpc) is 3.31. The first kappa shape index (κ1) is 19.8. The maximum absolute atomic E-state index is 12.5. The van der Waals surface area contributed by atoms with Gasteiger partial charge in [0.15, 0.2) is 0 Å². The van der Waals surface area contributed by atoms with Gasteiger partial charge in [-0.25, -0.2) is 9.78 Å². The van der Waals surface area contributed by atoms with E-state index in [1.54, 1.807) is 36.8 Å². The van der Waals surface area contributed by atoms with Crippen LogP contribution in [0.25, 0.3) is 0 Å². The molecule has 148 valence electrons. The number of hydrogen-bond donors (Lipinski definition) is 2. The summed E-state index contributed by atoms with van der Waals surface area (Å²) in [6, 6.07) is 6.07. The number of methoxy groups -OCH3 is 1. The number of benzene rings is 1. The Hall–Kier alpha value is -2.94. The standard InChI is InChI=1S/C19H22N4O4S/c1-27-14-4-2-13(3-5-14)12-23-18(25)15(22-19(23)26)6-7-16(24)20-9-8-17-21-10-11-28-17/h2-5,10-11,15H,6-9,12H2,1H3,(H,20,24)(H,22,26). The van der Waals surface area contributed by atoms with Crippen LogP contribution < -0.4 is 15.4 Å². The summed E-state index contributed by atoms with van der Waals surface area (Å²) in [5.74, 6) is 0.253. The lowest BCUT2D eigenvalue weighted by atomic mass is 10.1. The predicted molar refractivity (Wildman–Crippen MR) is 104 cm³/mol. The van der Waals surface area contributed by atoms with Crippen LogP contribution in [-0.4, -0.2) is 47.4 Å². The number of amides is 4. The van der Waals surface area contributed by atoms with Crippen LogP contribution in [0.1, 0.15) is 23.4 Å². The zero-order valence-electron chi connectivity index (χ0n) is 15.5. The molecule has 8 nitrogen and oxygen atoms in total. The molecule has 1 aromatic heterocycles. The van der Waals surface area contributed by atoms with Gasteiger partial charge in [0.1, 0.15) is 11.8 Å². The van der Waals surface area contributed by atoms with Gasteiger partial charge < -0.3 is 15.4 Å². The summed E-state index contributed by atoms with van der Waals surface area (Å²) in [6.07, 6.45) is 2.85. The molecule has 1 fully saturated rings. The van der Waals surface area contributed by atoms with Crippen molar-refractivity contribution >= 4 is 29.2 Å². The lowest BCUT2D eigenvalue weighted by molar-refractivity contribution is -0.128. The minimum Gasteiger partial charge on any atom is -0.497 e. The molecule has 0 spiro atoms. The van der Waals surface area contributed by atoms with E-state index >= 15 is 0 Å². The predicted octanol–water partition coefficient (Wildman–Crippen LogP) is 1.71. The van der Waals surface area contributed by atoms with Gasteiger partial charge in [0, 0.05) is 31.0 Å². The van der Waals surface area contributed by atoms with E-state index in [-0.39, 0.29) is 31.2 Å². The van der Waals surface area contributed by atoms with Gasteiger partial charge >= 0.3 is 6.03 Å². The second kappa shape index (κ2) is 9.32. The number of rotatable bonds is 9. The molecule has 9 heteroatoms. The van der Waals surface area contributed by atoms with Crippen LogP contribution in [0.4, 0.5) is 4.79 Å². The highest BCUT2D eigenvalue weighted by Gasteiger charge is 2.37. The Morgan fingerprint density at radius 2 is 2.11 bits per heavy atom. The third kappa shape index (κ3) is 5.07. The molecule has 2 aromatic rings. The monoisotopic (exact) mass is 402 g/mol. The van der Waals surface area contributed by atoms with Gasteiger partial charge in [-0.1, -0.05) is 12.1 Å². The fraction of sp³-hybridized carbons (Fsp3) is 0.368. The molecule has 2 N–H and O–H groups in total. The van der Waals surface area contributed by atoms with Crippen LogP contribution >= 0.6 is 11.3 Å². The highest BCUT2D eigenvalue weighted by molar-refractivity contribution is 7.09. The summed E-state index contributed by atoms with van der Waals surface area (Å²) in [7, 11) is 1.58. The van der Waals surface area contributed by atoms with Gasteiger partial charge in [-0.2, -0.15) is 0 Å². The van der Waals surface area contributed by atoms with Crippen molar-refractivity contribution in [3.63, 3.8) is 0 Å². The first-order valence-electron chi connectivity index (χ1n) is 8.96. The van der Waals surface area contributed by atoms with Crippen molar-refractivity contribution in [1.29, 1.82) is 0 Å². The molecule has 1 atom stereocenters. The molecule has 1 saturated heterocycles. The SMILES string of the molecule is COc1ccc(CN2C(=O)NC(CCC(=O)NCCc3nccs3)C2=O)cc1. The van der Waals surface area contributed by atoms with Crippen LogP contribution in [0.2, 0.25) is 0 Å². The minimum absolute atomic E-state index is 0.146. The van der Waals surface area contributed by atoms with Crippen molar-refractivity contribution in [2.75, 3.05) is 13.7 Å². The van der Waals surface area contributed by atoms with Crippen molar-refractivity contribution < 1.29 is 19.1 Å². The van der Waals surface area contributed by atoms with Crippen LogP contribution in [0.3, 0.4) is 0 Å². The molecule has 1 aliphatic rings. The molecule has 1 aliphatic heterocycles. The van der Waals surface area contributed by atoms with E-state index in [0.29, 0.717) is 18.7 Å². The Labute approximate surface area is 166 Å². The first-order chi connectivity index (χ1) is 13.6. The quantitative estimate of drug-likeness (QED) is 0.622. The maximum atomic E-state index is 12.5. The lowest BCUT2D eigenvalue weighted by Gasteiger charge is -2.13. The topological polar surface area (TPSA) is 101 Å². The van der Waals surface area contributed by atoms with E-state index < -0.39 is 12.1 Å². The number of carbonyl (C=O) groups excluding carboxylic acids is 3. The Balaban J connectivity index is 1.44. The third-order valence-electron chi connectivity index (χ3n) is 4.41. The van der Waals surface area contributed by atoms with Crippen LogP contribution in [0.5, 0.6) is 5.75 Å². The molecule has 4 amide bonds. The number of nitrogens with one attached hydrogen (secondary N) is 2. The molecule has 1 aromatic carbocycles. The molecule has 3 rings (SSSR count). The van der Waals surface area contributed by atoms with Crippen LogP contribution in [0, 0.1) is 0 Å². The Bertz CT molecular complexity index is 823. The maximum Gasteiger partial charge on any atom is 0.325 e. The van der Waals surface area contributed by atoms with E-state index in [1.807, 2.05) is 17.5 Å². The van der Waals surface area contributed by atoms with Crippen molar-refractivity contribution in [2.24, 2.45) is 0 Å². The highest BCUT2D eigenvalue weighted by Crippen LogP contribution is 2.17. The van der Waals surface area contributed by atoms with Gasteiger partial charge in [-0.15, -0.1) is 11.3 Å². The number of ether oxygens (including phenoxy) is 1. The Morgan fingerprint density at radius 1 is 1.32 bits per heavy atom. The number of urea groups is 1. The van der Waals surface area contributed by atoms with E-state index in [4.69, 9.17) is 4.74 Å². The molecular formula is C19H22N4O4S. The normalized spacial score (nSPS) is 16.2. The number of aromatic nitrogens is 1. The van der Waals surface area contributed by atoms with Crippen LogP contribution in [-0.2, 0) is 22.6 Å². The van der Waals surface area contributed by atoms with E-state index in [9.17, 15) is 14.4 Å². The van der Waals surface area contributed by atoms with E-state index in [1.165, 1.54) is 4.90 Å².